The van der Waals surface area contributed by atoms with E-state index in [1.54, 1.807) is 11.0 Å². The van der Waals surface area contributed by atoms with Crippen molar-refractivity contribution in [2.75, 3.05) is 19.7 Å². The first-order valence-corrected chi connectivity index (χ1v) is 7.91. The molecule has 0 aliphatic heterocycles. The van der Waals surface area contributed by atoms with Gasteiger partial charge in [-0.1, -0.05) is 42.5 Å². The molecule has 0 saturated carbocycles. The van der Waals surface area contributed by atoms with Gasteiger partial charge in [-0.25, -0.2) is 4.79 Å². The Labute approximate surface area is 142 Å². The molecule has 0 aromatic heterocycles. The van der Waals surface area contributed by atoms with Gasteiger partial charge in [0.1, 0.15) is 0 Å². The van der Waals surface area contributed by atoms with E-state index >= 15 is 0 Å². The van der Waals surface area contributed by atoms with Gasteiger partial charge in [-0.2, -0.15) is 5.26 Å². The summed E-state index contributed by atoms with van der Waals surface area (Å²) in [6.45, 7) is 3.12. The predicted octanol–water partition coefficient (Wildman–Crippen LogP) is 2.75. The fourth-order valence-corrected chi connectivity index (χ4v) is 2.45. The van der Waals surface area contributed by atoms with Crippen LogP contribution in [-0.2, 0) is 6.54 Å². The van der Waals surface area contributed by atoms with Crippen molar-refractivity contribution in [1.82, 2.24) is 10.2 Å². The van der Waals surface area contributed by atoms with Crippen molar-refractivity contribution in [2.24, 2.45) is 0 Å². The van der Waals surface area contributed by atoms with Crippen molar-refractivity contribution in [2.45, 2.75) is 13.5 Å². The zero-order valence-corrected chi connectivity index (χ0v) is 13.7. The number of carbonyl (C=O) groups is 1. The molecule has 24 heavy (non-hydrogen) atoms. The zero-order chi connectivity index (χ0) is 17.4. The van der Waals surface area contributed by atoms with Gasteiger partial charge in [-0.15, -0.1) is 0 Å². The van der Waals surface area contributed by atoms with Gasteiger partial charge in [0.25, 0.3) is 0 Å². The molecule has 2 aromatic carbocycles. The number of nitrogens with zero attached hydrogens (tertiary/aromatic N) is 2. The second kappa shape index (κ2) is 8.70. The third-order valence-corrected chi connectivity index (χ3v) is 3.80. The Balaban J connectivity index is 2.02. The first kappa shape index (κ1) is 17.5. The molecule has 0 saturated heterocycles. The van der Waals surface area contributed by atoms with Crippen LogP contribution in [-0.4, -0.2) is 35.7 Å². The second-order valence-corrected chi connectivity index (χ2v) is 5.32. The maximum Gasteiger partial charge on any atom is 0.317 e. The van der Waals surface area contributed by atoms with E-state index in [4.69, 9.17) is 5.11 Å². The van der Waals surface area contributed by atoms with E-state index < -0.39 is 0 Å². The van der Waals surface area contributed by atoms with Gasteiger partial charge < -0.3 is 15.3 Å². The highest BCUT2D eigenvalue weighted by Crippen LogP contribution is 2.23. The minimum Gasteiger partial charge on any atom is -0.395 e. The number of urea groups is 1. The molecule has 0 bridgehead atoms. The number of hydrogen-bond donors (Lipinski definition) is 2. The largest absolute Gasteiger partial charge is 0.395 e. The zero-order valence-electron chi connectivity index (χ0n) is 13.7. The number of benzene rings is 2. The highest BCUT2D eigenvalue weighted by atomic mass is 16.3. The van der Waals surface area contributed by atoms with E-state index in [1.807, 2.05) is 49.4 Å². The topological polar surface area (TPSA) is 76.4 Å². The van der Waals surface area contributed by atoms with Crippen molar-refractivity contribution in [3.63, 3.8) is 0 Å². The van der Waals surface area contributed by atoms with Crippen molar-refractivity contribution < 1.29 is 9.90 Å². The van der Waals surface area contributed by atoms with Crippen LogP contribution in [0.5, 0.6) is 0 Å². The smallest absolute Gasteiger partial charge is 0.317 e. The highest BCUT2D eigenvalue weighted by Gasteiger charge is 2.10. The summed E-state index contributed by atoms with van der Waals surface area (Å²) in [7, 11) is 0. The number of carbonyl (C=O) groups excluding carboxylic acids is 1. The SMILES string of the molecule is CCN(CCO)C(=O)NCc1ccc(-c2ccccc2C#N)cc1. The van der Waals surface area contributed by atoms with Crippen LogP contribution in [0.15, 0.2) is 48.5 Å². The van der Waals surface area contributed by atoms with Crippen LogP contribution < -0.4 is 5.32 Å². The van der Waals surface area contributed by atoms with Crippen molar-refractivity contribution in [3.8, 4) is 17.2 Å². The molecule has 0 atom stereocenters. The molecule has 5 heteroatoms. The minimum absolute atomic E-state index is 0.0474. The number of aliphatic hydroxyl groups is 1. The van der Waals surface area contributed by atoms with Crippen LogP contribution in [0.3, 0.4) is 0 Å². The van der Waals surface area contributed by atoms with E-state index in [9.17, 15) is 10.1 Å². The lowest BCUT2D eigenvalue weighted by Gasteiger charge is -2.20. The molecule has 2 amide bonds. The minimum atomic E-state index is -0.189. The van der Waals surface area contributed by atoms with Crippen LogP contribution >= 0.6 is 0 Å². The monoisotopic (exact) mass is 323 g/mol. The molecule has 0 aliphatic carbocycles. The highest BCUT2D eigenvalue weighted by molar-refractivity contribution is 5.74. The van der Waals surface area contributed by atoms with Gasteiger partial charge in [0, 0.05) is 19.6 Å². The molecule has 0 radical (unpaired) electrons. The van der Waals surface area contributed by atoms with E-state index in [2.05, 4.69) is 11.4 Å². The summed E-state index contributed by atoms with van der Waals surface area (Å²) < 4.78 is 0. The van der Waals surface area contributed by atoms with Crippen LogP contribution in [0, 0.1) is 11.3 Å². The quantitative estimate of drug-likeness (QED) is 0.858. The number of amides is 2. The van der Waals surface area contributed by atoms with E-state index in [1.165, 1.54) is 0 Å². The molecule has 0 heterocycles. The second-order valence-electron chi connectivity index (χ2n) is 5.32. The van der Waals surface area contributed by atoms with Gasteiger partial charge in [-0.05, 0) is 29.7 Å². The lowest BCUT2D eigenvalue weighted by Crippen LogP contribution is -2.40. The summed E-state index contributed by atoms with van der Waals surface area (Å²) in [6, 6.07) is 17.2. The molecule has 0 unspecified atom stereocenters. The Morgan fingerprint density at radius 2 is 1.92 bits per heavy atom. The Kier molecular flexibility index (Phi) is 6.35. The van der Waals surface area contributed by atoms with Gasteiger partial charge in [0.05, 0.1) is 18.2 Å². The molecular weight excluding hydrogens is 302 g/mol. The fraction of sp³-hybridized carbons (Fsp3) is 0.263. The van der Waals surface area contributed by atoms with E-state index in [0.29, 0.717) is 25.2 Å². The molecule has 2 rings (SSSR count). The average molecular weight is 323 g/mol. The maximum atomic E-state index is 12.0. The van der Waals surface area contributed by atoms with Gasteiger partial charge in [0.2, 0.25) is 0 Å². The number of nitriles is 1. The lowest BCUT2D eigenvalue weighted by atomic mass is 9.99. The third kappa shape index (κ3) is 4.34. The van der Waals surface area contributed by atoms with Crippen molar-refractivity contribution in [3.05, 3.63) is 59.7 Å². The summed E-state index contributed by atoms with van der Waals surface area (Å²) in [5.74, 6) is 0. The van der Waals surface area contributed by atoms with E-state index in [0.717, 1.165) is 16.7 Å². The van der Waals surface area contributed by atoms with Gasteiger partial charge >= 0.3 is 6.03 Å². The van der Waals surface area contributed by atoms with Crippen LogP contribution in [0.2, 0.25) is 0 Å². The van der Waals surface area contributed by atoms with Crippen molar-refractivity contribution >= 4 is 6.03 Å². The number of rotatable bonds is 6. The summed E-state index contributed by atoms with van der Waals surface area (Å²) in [6.07, 6.45) is 0. The summed E-state index contributed by atoms with van der Waals surface area (Å²) in [5, 5.41) is 21.0. The number of likely N-dealkylation sites (N-methyl/N-ethyl adjacent to an activating group) is 1. The first-order valence-electron chi connectivity index (χ1n) is 7.91. The van der Waals surface area contributed by atoms with Crippen LogP contribution in [0.25, 0.3) is 11.1 Å². The summed E-state index contributed by atoms with van der Waals surface area (Å²) >= 11 is 0. The molecule has 0 spiro atoms. The molecule has 5 nitrogen and oxygen atoms in total. The first-order chi connectivity index (χ1) is 11.7. The Morgan fingerprint density at radius 3 is 2.54 bits per heavy atom. The number of hydrogen-bond acceptors (Lipinski definition) is 3. The fourth-order valence-electron chi connectivity index (χ4n) is 2.45. The van der Waals surface area contributed by atoms with Crippen LogP contribution in [0.1, 0.15) is 18.1 Å². The lowest BCUT2D eigenvalue weighted by molar-refractivity contribution is 0.180. The molecule has 124 valence electrons. The summed E-state index contributed by atoms with van der Waals surface area (Å²) in [5.41, 5.74) is 3.48. The number of aliphatic hydroxyl groups excluding tert-OH is 1. The van der Waals surface area contributed by atoms with Crippen LogP contribution in [0.4, 0.5) is 4.79 Å². The Hall–Kier alpha value is -2.84. The predicted molar refractivity (Wildman–Crippen MR) is 93.2 cm³/mol. The maximum absolute atomic E-state index is 12.0. The standard InChI is InChI=1S/C19H21N3O2/c1-2-22(11-12-23)19(24)21-14-15-7-9-16(10-8-15)18-6-4-3-5-17(18)13-20/h3-10,23H,2,11-12,14H2,1H3,(H,21,24). The van der Waals surface area contributed by atoms with E-state index in [-0.39, 0.29) is 12.6 Å². The Bertz CT molecular complexity index is 720. The Morgan fingerprint density at radius 1 is 1.21 bits per heavy atom. The molecular formula is C19H21N3O2. The average Bonchev–Trinajstić information content (AvgIpc) is 2.64. The van der Waals surface area contributed by atoms with Crippen molar-refractivity contribution in [1.29, 1.82) is 5.26 Å². The third-order valence-electron chi connectivity index (χ3n) is 3.80. The van der Waals surface area contributed by atoms with Gasteiger partial charge in [0.15, 0.2) is 0 Å². The summed E-state index contributed by atoms with van der Waals surface area (Å²) in [4.78, 5) is 13.5. The molecule has 2 N–H and O–H groups in total. The molecule has 0 fully saturated rings. The number of nitrogens with one attached hydrogen (secondary N) is 1. The molecule has 2 aromatic rings. The normalized spacial score (nSPS) is 10.0. The molecule has 0 aliphatic rings. The van der Waals surface area contributed by atoms with Gasteiger partial charge in [-0.3, -0.25) is 0 Å².